The number of halogens is 7. The van der Waals surface area contributed by atoms with Gasteiger partial charge in [-0.05, 0) is 225 Å². The minimum atomic E-state index is -5.32. The van der Waals surface area contributed by atoms with E-state index in [1.165, 1.54) is 94.5 Å². The fourth-order valence-corrected chi connectivity index (χ4v) is 17.7. The largest absolute Gasteiger partial charge is 0.497 e. The van der Waals surface area contributed by atoms with Gasteiger partial charge in [-0.3, -0.25) is 0 Å². The average Bonchev–Trinajstić information content (AvgIpc) is 1.44. The average molecular weight is 1210 g/mol. The SMILES string of the molecule is COc1ccc(N(c2ccc(C(=C/C=C3\CC(C(F)(F)F)CC(/C=C/C4=C(C#N)C(=C(C#N)C#N)OC4(c4ccccc4)C(F)(F)F)=C3Cl)c3ccc(N(c4ccc(OC)cc4)C4C5CC6CC(C5)CC4C6)cc3)cc2)C2C3CC4CC(C3)CC2C4)cc1. The van der Waals surface area contributed by atoms with Crippen molar-refractivity contribution in [3.8, 4) is 29.7 Å². The van der Waals surface area contributed by atoms with Gasteiger partial charge in [0, 0.05) is 51.0 Å². The lowest BCUT2D eigenvalue weighted by molar-refractivity contribution is -0.249. The molecule has 8 bridgehead atoms. The number of alkyl halides is 6. The molecule has 0 N–H and O–H groups in total. The lowest BCUT2D eigenvalue weighted by Gasteiger charge is -2.57. The summed E-state index contributed by atoms with van der Waals surface area (Å²) >= 11 is 7.22. The number of rotatable bonds is 14. The number of anilines is 4. The molecule has 9 aliphatic carbocycles. The third kappa shape index (κ3) is 10.7. The Balaban J connectivity index is 0.933. The summed E-state index contributed by atoms with van der Waals surface area (Å²) in [7, 11) is 3.32. The molecule has 10 aliphatic rings. The fraction of sp³-hybridized carbons (Fsp3) is 0.384. The van der Waals surface area contributed by atoms with Crippen LogP contribution < -0.4 is 19.3 Å². The van der Waals surface area contributed by atoms with E-state index in [2.05, 4.69) is 82.6 Å². The van der Waals surface area contributed by atoms with Crippen molar-refractivity contribution in [1.82, 2.24) is 0 Å². The molecule has 8 fully saturated rings. The highest BCUT2D eigenvalue weighted by atomic mass is 35.5. The molecule has 1 heterocycles. The zero-order valence-electron chi connectivity index (χ0n) is 48.9. The van der Waals surface area contributed by atoms with Crippen molar-refractivity contribution in [2.45, 2.75) is 107 Å². The van der Waals surface area contributed by atoms with E-state index < -0.39 is 64.8 Å². The van der Waals surface area contributed by atoms with Gasteiger partial charge in [-0.15, -0.1) is 0 Å². The number of nitrogens with zero attached hydrogens (tertiary/aromatic N) is 5. The maximum absolute atomic E-state index is 15.8. The number of nitriles is 3. The van der Waals surface area contributed by atoms with E-state index >= 15 is 26.3 Å². The standard InChI is InChI=1S/C73H66ClF6N5O3/c1-86-62-22-18-60(19-23-62)84(68-51-30-43-28-44(32-51)33-52(68)31-43)58-14-8-47(9-15-58)64(48-10-16-59(17-11-48)85(61-20-24-63(87-2)25-21-61)69-53-34-45-29-46(36-53)37-54(69)35-45)26-12-49-38-57(72(75,76)77)39-50(67(49)74)13-27-66-65(42-83)70(55(40-81)41-82)88-71(66,73(78,79)80)56-6-4-3-5-7-56/h3-27,43-46,51-54,57,68-69H,28-39H2,1-2H3/b27-13+,49-12+,64-26?. The van der Waals surface area contributed by atoms with Gasteiger partial charge in [0.05, 0.1) is 20.1 Å². The van der Waals surface area contributed by atoms with Crippen LogP contribution in [0.4, 0.5) is 49.1 Å². The summed E-state index contributed by atoms with van der Waals surface area (Å²) in [4.78, 5) is 5.03. The molecular formula is C73H66ClF6N5O3. The molecule has 2 atom stereocenters. The van der Waals surface area contributed by atoms with Crippen molar-refractivity contribution in [1.29, 1.82) is 15.8 Å². The van der Waals surface area contributed by atoms with Gasteiger partial charge in [0.15, 0.2) is 11.3 Å². The molecule has 15 rings (SSSR count). The van der Waals surface area contributed by atoms with Crippen LogP contribution in [0.1, 0.15) is 93.7 Å². The predicted octanol–water partition coefficient (Wildman–Crippen LogP) is 18.6. The molecule has 1 aliphatic heterocycles. The first kappa shape index (κ1) is 58.9. The molecule has 0 amide bonds. The Hall–Kier alpha value is -8.12. The van der Waals surface area contributed by atoms with Crippen molar-refractivity contribution < 1.29 is 40.6 Å². The summed E-state index contributed by atoms with van der Waals surface area (Å²) in [6, 6.07) is 45.0. The number of allylic oxidation sites excluding steroid dienone is 8. The predicted molar refractivity (Wildman–Crippen MR) is 327 cm³/mol. The maximum atomic E-state index is 15.8. The van der Waals surface area contributed by atoms with Crippen LogP contribution in [0.15, 0.2) is 190 Å². The van der Waals surface area contributed by atoms with Crippen LogP contribution in [0.5, 0.6) is 11.5 Å². The van der Waals surface area contributed by atoms with Crippen LogP contribution in [0.2, 0.25) is 0 Å². The van der Waals surface area contributed by atoms with E-state index in [1.54, 1.807) is 32.4 Å². The van der Waals surface area contributed by atoms with Crippen molar-refractivity contribution >= 4 is 39.9 Å². The van der Waals surface area contributed by atoms with E-state index in [-0.39, 0.29) is 16.2 Å². The summed E-state index contributed by atoms with van der Waals surface area (Å²) in [5.74, 6) is 3.87. The monoisotopic (exact) mass is 1210 g/mol. The molecule has 0 aromatic heterocycles. The molecule has 5 aromatic rings. The number of methoxy groups -OCH3 is 2. The Kier molecular flexibility index (Phi) is 15.7. The molecule has 8 saturated carbocycles. The van der Waals surface area contributed by atoms with Crippen molar-refractivity contribution in [3.05, 3.63) is 207 Å². The second kappa shape index (κ2) is 23.4. The highest BCUT2D eigenvalue weighted by molar-refractivity contribution is 6.32. The van der Waals surface area contributed by atoms with E-state index in [0.29, 0.717) is 41.3 Å². The number of ether oxygens (including phenoxy) is 3. The Morgan fingerprint density at radius 2 is 1.01 bits per heavy atom. The Labute approximate surface area is 515 Å². The quantitative estimate of drug-likeness (QED) is 0.0800. The first-order chi connectivity index (χ1) is 42.5. The van der Waals surface area contributed by atoms with Gasteiger partial charge in [-0.2, -0.15) is 42.1 Å². The van der Waals surface area contributed by atoms with Crippen molar-refractivity contribution in [3.63, 3.8) is 0 Å². The van der Waals surface area contributed by atoms with Crippen LogP contribution in [0.3, 0.4) is 0 Å². The first-order valence-electron chi connectivity index (χ1n) is 30.6. The topological polar surface area (TPSA) is 106 Å². The van der Waals surface area contributed by atoms with Gasteiger partial charge < -0.3 is 24.0 Å². The third-order valence-corrected chi connectivity index (χ3v) is 21.2. The molecular weight excluding hydrogens is 1140 g/mol. The summed E-state index contributed by atoms with van der Waals surface area (Å²) in [6.45, 7) is 0. The third-order valence-electron chi connectivity index (χ3n) is 20.7. The minimum absolute atomic E-state index is 0.0971. The first-order valence-corrected chi connectivity index (χ1v) is 31.0. The Morgan fingerprint density at radius 1 is 0.580 bits per heavy atom. The van der Waals surface area contributed by atoms with Gasteiger partial charge >= 0.3 is 12.4 Å². The summed E-state index contributed by atoms with van der Waals surface area (Å²) < 4.78 is 110. The van der Waals surface area contributed by atoms with Crippen molar-refractivity contribution in [2.75, 3.05) is 24.0 Å². The molecule has 0 saturated heterocycles. The van der Waals surface area contributed by atoms with E-state index in [1.807, 2.05) is 24.3 Å². The minimum Gasteiger partial charge on any atom is -0.497 e. The zero-order valence-corrected chi connectivity index (χ0v) is 49.6. The summed E-state index contributed by atoms with van der Waals surface area (Å²) in [6.07, 6.45) is 6.34. The lowest BCUT2D eigenvalue weighted by Crippen LogP contribution is -2.54. The van der Waals surface area contributed by atoms with Crippen molar-refractivity contribution in [2.24, 2.45) is 53.3 Å². The molecule has 0 spiro atoms. The molecule has 5 aromatic carbocycles. The van der Waals surface area contributed by atoms with Gasteiger partial charge in [0.1, 0.15) is 35.3 Å². The maximum Gasteiger partial charge on any atom is 0.437 e. The Morgan fingerprint density at radius 3 is 1.40 bits per heavy atom. The highest BCUT2D eigenvalue weighted by Gasteiger charge is 2.65. The second-order valence-corrected chi connectivity index (χ2v) is 26.0. The zero-order chi connectivity index (χ0) is 61.2. The molecule has 15 heteroatoms. The number of hydrogen-bond acceptors (Lipinski definition) is 8. The van der Waals surface area contributed by atoms with Gasteiger partial charge in [0.2, 0.25) is 0 Å². The number of benzene rings is 5. The molecule has 450 valence electrons. The Bertz CT molecular complexity index is 3600. The smallest absolute Gasteiger partial charge is 0.437 e. The molecule has 2 unspecified atom stereocenters. The van der Waals surface area contributed by atoms with E-state index in [4.69, 9.17) is 25.8 Å². The van der Waals surface area contributed by atoms with Crippen LogP contribution in [0.25, 0.3) is 5.57 Å². The normalized spacial score (nSPS) is 29.0. The van der Waals surface area contributed by atoms with Gasteiger partial charge in [-0.25, -0.2) is 0 Å². The lowest BCUT2D eigenvalue weighted by atomic mass is 9.53. The number of hydrogen-bond donors (Lipinski definition) is 0. The van der Waals surface area contributed by atoms with Crippen LogP contribution in [0, 0.1) is 87.3 Å². The van der Waals surface area contributed by atoms with Crippen LogP contribution >= 0.6 is 11.6 Å². The fourth-order valence-electron chi connectivity index (χ4n) is 17.4. The summed E-state index contributed by atoms with van der Waals surface area (Å²) in [5.41, 5.74) is 0.0481. The van der Waals surface area contributed by atoms with E-state index in [9.17, 15) is 15.8 Å². The van der Waals surface area contributed by atoms with Crippen LogP contribution in [-0.2, 0) is 10.3 Å². The van der Waals surface area contributed by atoms with Gasteiger partial charge in [0.25, 0.3) is 5.60 Å². The highest BCUT2D eigenvalue weighted by Crippen LogP contribution is 2.60. The second-order valence-electron chi connectivity index (χ2n) is 25.6. The molecule has 0 radical (unpaired) electrons. The summed E-state index contributed by atoms with van der Waals surface area (Å²) in [5, 5.41) is 30.0. The van der Waals surface area contributed by atoms with E-state index in [0.717, 1.165) is 93.3 Å². The molecule has 8 nitrogen and oxygen atoms in total. The van der Waals surface area contributed by atoms with Gasteiger partial charge in [-0.1, -0.05) is 90.5 Å². The molecule has 88 heavy (non-hydrogen) atoms. The van der Waals surface area contributed by atoms with Crippen LogP contribution in [-0.4, -0.2) is 38.7 Å².